The molecule has 0 saturated carbocycles. The first kappa shape index (κ1) is 14.5. The van der Waals surface area contributed by atoms with E-state index in [1.54, 1.807) is 0 Å². The number of piperidine rings is 1. The first-order chi connectivity index (χ1) is 7.29. The standard InChI is InChI=1S/C11H17BrN2S.ClH/c12-11-5-4-10(15-11)8-14-6-2-1-3-9(14)7-13;/h4-5,9H,1-3,6-8,13H2;1H. The van der Waals surface area contributed by atoms with Crippen molar-refractivity contribution in [2.24, 2.45) is 5.73 Å². The lowest BCUT2D eigenvalue weighted by molar-refractivity contribution is 0.146. The Balaban J connectivity index is 0.00000128. The van der Waals surface area contributed by atoms with E-state index >= 15 is 0 Å². The van der Waals surface area contributed by atoms with Crippen LogP contribution >= 0.6 is 39.7 Å². The normalized spacial score (nSPS) is 21.8. The lowest BCUT2D eigenvalue weighted by atomic mass is 10.0. The maximum atomic E-state index is 5.80. The SMILES string of the molecule is Cl.NCC1CCCCN1Cc1ccc(Br)s1. The summed E-state index contributed by atoms with van der Waals surface area (Å²) >= 11 is 5.33. The topological polar surface area (TPSA) is 29.3 Å². The van der Waals surface area contributed by atoms with Crippen molar-refractivity contribution >= 4 is 39.7 Å². The molecule has 2 N–H and O–H groups in total. The van der Waals surface area contributed by atoms with Crippen molar-refractivity contribution in [3.8, 4) is 0 Å². The van der Waals surface area contributed by atoms with E-state index in [0.717, 1.165) is 13.1 Å². The molecule has 1 aliphatic heterocycles. The third-order valence-corrected chi connectivity index (χ3v) is 4.62. The lowest BCUT2D eigenvalue weighted by Crippen LogP contribution is -2.43. The molecule has 0 aliphatic carbocycles. The minimum Gasteiger partial charge on any atom is -0.329 e. The van der Waals surface area contributed by atoms with Gasteiger partial charge in [0, 0.05) is 24.0 Å². The van der Waals surface area contributed by atoms with Gasteiger partial charge in [-0.1, -0.05) is 6.42 Å². The summed E-state index contributed by atoms with van der Waals surface area (Å²) < 4.78 is 1.22. The molecule has 1 aliphatic rings. The number of hydrogen-bond donors (Lipinski definition) is 1. The molecule has 1 fully saturated rings. The first-order valence-electron chi connectivity index (χ1n) is 5.48. The molecule has 0 bridgehead atoms. The Labute approximate surface area is 116 Å². The smallest absolute Gasteiger partial charge is 0.0701 e. The number of likely N-dealkylation sites (tertiary alicyclic amines) is 1. The fourth-order valence-electron chi connectivity index (χ4n) is 2.17. The van der Waals surface area contributed by atoms with Gasteiger partial charge in [-0.2, -0.15) is 0 Å². The predicted octanol–water partition coefficient (Wildman–Crippen LogP) is 3.25. The Morgan fingerprint density at radius 1 is 1.44 bits per heavy atom. The van der Waals surface area contributed by atoms with Crippen LogP contribution in [0, 0.1) is 0 Å². The second kappa shape index (κ2) is 6.97. The van der Waals surface area contributed by atoms with Crippen LogP contribution in [0.2, 0.25) is 0 Å². The minimum atomic E-state index is 0. The Kier molecular flexibility index (Phi) is 6.29. The summed E-state index contributed by atoms with van der Waals surface area (Å²) in [4.78, 5) is 3.96. The molecule has 16 heavy (non-hydrogen) atoms. The molecule has 0 radical (unpaired) electrons. The van der Waals surface area contributed by atoms with E-state index in [1.165, 1.54) is 34.5 Å². The molecule has 0 aromatic carbocycles. The highest BCUT2D eigenvalue weighted by Gasteiger charge is 2.21. The van der Waals surface area contributed by atoms with Crippen molar-refractivity contribution in [3.05, 3.63) is 20.8 Å². The van der Waals surface area contributed by atoms with Crippen LogP contribution in [-0.2, 0) is 6.54 Å². The maximum absolute atomic E-state index is 5.80. The van der Waals surface area contributed by atoms with E-state index in [2.05, 4.69) is 33.0 Å². The van der Waals surface area contributed by atoms with Gasteiger partial charge in [-0.25, -0.2) is 0 Å². The molecule has 2 heterocycles. The first-order valence-corrected chi connectivity index (χ1v) is 7.09. The van der Waals surface area contributed by atoms with Crippen molar-refractivity contribution in [3.63, 3.8) is 0 Å². The molecular weight excluding hydrogens is 308 g/mol. The number of hydrogen-bond acceptors (Lipinski definition) is 3. The van der Waals surface area contributed by atoms with Gasteiger partial charge in [-0.15, -0.1) is 23.7 Å². The number of nitrogens with zero attached hydrogens (tertiary/aromatic N) is 1. The highest BCUT2D eigenvalue weighted by molar-refractivity contribution is 9.11. The summed E-state index contributed by atoms with van der Waals surface area (Å²) in [6.45, 7) is 3.07. The van der Waals surface area contributed by atoms with Crippen molar-refractivity contribution in [2.45, 2.75) is 31.8 Å². The molecular formula is C11H18BrClN2S. The minimum absolute atomic E-state index is 0. The second-order valence-electron chi connectivity index (χ2n) is 4.06. The van der Waals surface area contributed by atoms with Crippen LogP contribution < -0.4 is 5.73 Å². The van der Waals surface area contributed by atoms with Gasteiger partial charge in [0.2, 0.25) is 0 Å². The van der Waals surface area contributed by atoms with Crippen LogP contribution in [0.25, 0.3) is 0 Å². The van der Waals surface area contributed by atoms with Crippen LogP contribution in [0.1, 0.15) is 24.1 Å². The summed E-state index contributed by atoms with van der Waals surface area (Å²) in [7, 11) is 0. The third-order valence-electron chi connectivity index (χ3n) is 3.01. The van der Waals surface area contributed by atoms with Crippen LogP contribution in [0.5, 0.6) is 0 Å². The fraction of sp³-hybridized carbons (Fsp3) is 0.636. The number of rotatable bonds is 3. The quantitative estimate of drug-likeness (QED) is 0.924. The maximum Gasteiger partial charge on any atom is 0.0701 e. The summed E-state index contributed by atoms with van der Waals surface area (Å²) in [5, 5.41) is 0. The van der Waals surface area contributed by atoms with Crippen molar-refractivity contribution in [1.29, 1.82) is 0 Å². The van der Waals surface area contributed by atoms with E-state index in [0.29, 0.717) is 6.04 Å². The van der Waals surface area contributed by atoms with E-state index in [-0.39, 0.29) is 12.4 Å². The predicted molar refractivity (Wildman–Crippen MR) is 76.4 cm³/mol. The second-order valence-corrected chi connectivity index (χ2v) is 6.61. The van der Waals surface area contributed by atoms with Gasteiger partial charge in [-0.3, -0.25) is 4.90 Å². The zero-order valence-corrected chi connectivity index (χ0v) is 12.4. The molecule has 92 valence electrons. The fourth-order valence-corrected chi connectivity index (χ4v) is 3.68. The van der Waals surface area contributed by atoms with Gasteiger partial charge in [-0.05, 0) is 47.4 Å². The number of halogens is 2. The Morgan fingerprint density at radius 3 is 2.88 bits per heavy atom. The molecule has 1 aromatic heterocycles. The highest BCUT2D eigenvalue weighted by atomic mass is 79.9. The molecule has 2 nitrogen and oxygen atoms in total. The third kappa shape index (κ3) is 3.70. The Morgan fingerprint density at radius 2 is 2.25 bits per heavy atom. The number of nitrogens with two attached hydrogens (primary N) is 1. The average Bonchev–Trinajstić information content (AvgIpc) is 2.65. The van der Waals surface area contributed by atoms with Crippen molar-refractivity contribution < 1.29 is 0 Å². The molecule has 5 heteroatoms. The van der Waals surface area contributed by atoms with Gasteiger partial charge in [0.1, 0.15) is 0 Å². The van der Waals surface area contributed by atoms with Gasteiger partial charge < -0.3 is 5.73 Å². The zero-order chi connectivity index (χ0) is 10.7. The van der Waals surface area contributed by atoms with E-state index in [1.807, 2.05) is 11.3 Å². The number of thiophene rings is 1. The van der Waals surface area contributed by atoms with Crippen LogP contribution in [0.4, 0.5) is 0 Å². The van der Waals surface area contributed by atoms with Gasteiger partial charge >= 0.3 is 0 Å². The molecule has 0 amide bonds. The van der Waals surface area contributed by atoms with Crippen LogP contribution in [0.15, 0.2) is 15.9 Å². The van der Waals surface area contributed by atoms with E-state index in [9.17, 15) is 0 Å². The summed E-state index contributed by atoms with van der Waals surface area (Å²) in [6, 6.07) is 4.93. The van der Waals surface area contributed by atoms with Crippen LogP contribution in [0.3, 0.4) is 0 Å². The molecule has 0 spiro atoms. The largest absolute Gasteiger partial charge is 0.329 e. The molecule has 1 saturated heterocycles. The Hall–Kier alpha value is 0.390. The summed E-state index contributed by atoms with van der Waals surface area (Å²) in [5.41, 5.74) is 5.80. The average molecular weight is 326 g/mol. The summed E-state index contributed by atoms with van der Waals surface area (Å²) in [5.74, 6) is 0. The monoisotopic (exact) mass is 324 g/mol. The summed E-state index contributed by atoms with van der Waals surface area (Å²) in [6.07, 6.45) is 3.93. The molecule has 2 rings (SSSR count). The van der Waals surface area contributed by atoms with E-state index < -0.39 is 0 Å². The zero-order valence-electron chi connectivity index (χ0n) is 9.19. The van der Waals surface area contributed by atoms with Gasteiger partial charge in [0.25, 0.3) is 0 Å². The van der Waals surface area contributed by atoms with Gasteiger partial charge in [0.15, 0.2) is 0 Å². The highest BCUT2D eigenvalue weighted by Crippen LogP contribution is 2.25. The molecule has 1 atom stereocenters. The van der Waals surface area contributed by atoms with Crippen molar-refractivity contribution in [1.82, 2.24) is 4.90 Å². The lowest BCUT2D eigenvalue weighted by Gasteiger charge is -2.34. The van der Waals surface area contributed by atoms with Crippen LogP contribution in [-0.4, -0.2) is 24.0 Å². The molecule has 1 aromatic rings. The van der Waals surface area contributed by atoms with E-state index in [4.69, 9.17) is 5.73 Å². The molecule has 1 unspecified atom stereocenters. The van der Waals surface area contributed by atoms with Crippen molar-refractivity contribution in [2.75, 3.05) is 13.1 Å². The van der Waals surface area contributed by atoms with Gasteiger partial charge in [0.05, 0.1) is 3.79 Å². The Bertz CT molecular complexity index is 319.